The number of aromatic nitrogens is 1. The number of carbonyl (C=O) groups is 3. The molecule has 11 heteroatoms. The topological polar surface area (TPSA) is 160 Å². The highest BCUT2D eigenvalue weighted by molar-refractivity contribution is 7.89. The Kier molecular flexibility index (Phi) is 6.40. The maximum atomic E-state index is 13.0. The molecule has 4 N–H and O–H groups in total. The van der Waals surface area contributed by atoms with Crippen molar-refractivity contribution in [1.82, 2.24) is 14.6 Å². The molecule has 2 heterocycles. The van der Waals surface area contributed by atoms with Crippen LogP contribution < -0.4 is 11.1 Å². The Morgan fingerprint density at radius 3 is 2.77 bits per heavy atom. The second kappa shape index (κ2) is 8.34. The first kappa shape index (κ1) is 19.9. The van der Waals surface area contributed by atoms with Crippen LogP contribution in [0, 0.1) is 0 Å². The zero-order valence-electron chi connectivity index (χ0n) is 13.9. The fourth-order valence-electron chi connectivity index (χ4n) is 2.59. The number of Topliss-reactive ketones (excluding diaryl/α,β-unsaturated/α-hetero) is 1. The van der Waals surface area contributed by atoms with Crippen LogP contribution in [0.15, 0.2) is 29.4 Å². The maximum absolute atomic E-state index is 13.0. The summed E-state index contributed by atoms with van der Waals surface area (Å²) < 4.78 is 26.3. The molecule has 10 nitrogen and oxygen atoms in total. The van der Waals surface area contributed by atoms with Gasteiger partial charge in [-0.25, -0.2) is 9.29 Å². The van der Waals surface area contributed by atoms with E-state index in [0.29, 0.717) is 17.3 Å². The predicted octanol–water partition coefficient (Wildman–Crippen LogP) is -1.84. The quantitative estimate of drug-likeness (QED) is 0.515. The van der Waals surface area contributed by atoms with Gasteiger partial charge >= 0.3 is 0 Å². The van der Waals surface area contributed by atoms with E-state index in [2.05, 4.69) is 10.3 Å². The Morgan fingerprint density at radius 2 is 2.15 bits per heavy atom. The zero-order chi connectivity index (χ0) is 19.3. The van der Waals surface area contributed by atoms with Gasteiger partial charge in [-0.3, -0.25) is 14.4 Å². The molecule has 0 radical (unpaired) electrons. The van der Waals surface area contributed by atoms with E-state index in [1.54, 1.807) is 0 Å². The number of aliphatic hydroxyl groups excluding tert-OH is 1. The van der Waals surface area contributed by atoms with E-state index in [9.17, 15) is 27.9 Å². The van der Waals surface area contributed by atoms with Gasteiger partial charge in [0.2, 0.25) is 11.8 Å². The molecule has 1 saturated heterocycles. The lowest BCUT2D eigenvalue weighted by atomic mass is 10.1. The van der Waals surface area contributed by atoms with Gasteiger partial charge in [-0.2, -0.15) is 8.42 Å². The largest absolute Gasteiger partial charge is 0.383 e. The summed E-state index contributed by atoms with van der Waals surface area (Å²) in [5.41, 5.74) is 4.94. The minimum absolute atomic E-state index is 0.0927. The Morgan fingerprint density at radius 1 is 1.42 bits per heavy atom. The molecule has 0 bridgehead atoms. The second-order valence-corrected chi connectivity index (χ2v) is 7.55. The number of primary amides is 1. The van der Waals surface area contributed by atoms with Crippen molar-refractivity contribution in [3.63, 3.8) is 0 Å². The molecule has 1 aliphatic rings. The summed E-state index contributed by atoms with van der Waals surface area (Å²) in [4.78, 5) is 39.8. The van der Waals surface area contributed by atoms with Crippen LogP contribution in [0.2, 0.25) is 0 Å². The number of sulfonamides is 1. The van der Waals surface area contributed by atoms with E-state index in [1.807, 2.05) is 0 Å². The van der Waals surface area contributed by atoms with Crippen LogP contribution in [-0.2, 0) is 24.4 Å². The molecule has 26 heavy (non-hydrogen) atoms. The number of pyridine rings is 1. The van der Waals surface area contributed by atoms with Gasteiger partial charge in [0.05, 0.1) is 13.0 Å². The number of amides is 2. The number of nitrogens with two attached hydrogens (primary N) is 1. The average Bonchev–Trinajstić information content (AvgIpc) is 2.80. The van der Waals surface area contributed by atoms with Crippen molar-refractivity contribution in [2.45, 2.75) is 36.4 Å². The van der Waals surface area contributed by atoms with Crippen molar-refractivity contribution >= 4 is 27.6 Å². The molecule has 2 atom stereocenters. The monoisotopic (exact) mass is 384 g/mol. The summed E-state index contributed by atoms with van der Waals surface area (Å²) in [5.74, 6) is -2.74. The summed E-state index contributed by atoms with van der Waals surface area (Å²) in [6, 6.07) is 2.88. The van der Waals surface area contributed by atoms with E-state index in [0.717, 1.165) is 0 Å². The fraction of sp³-hybridized carbons (Fsp3) is 0.467. The molecule has 1 aromatic heterocycles. The number of nitrogens with zero attached hydrogens (tertiary/aromatic N) is 2. The van der Waals surface area contributed by atoms with Crippen LogP contribution in [0.3, 0.4) is 0 Å². The normalized spacial score (nSPS) is 19.4. The molecule has 0 aromatic carbocycles. The summed E-state index contributed by atoms with van der Waals surface area (Å²) in [7, 11) is -4.46. The van der Waals surface area contributed by atoms with Crippen molar-refractivity contribution in [3.8, 4) is 0 Å². The van der Waals surface area contributed by atoms with Gasteiger partial charge in [-0.05, 0) is 31.5 Å². The lowest BCUT2D eigenvalue weighted by molar-refractivity contribution is -0.138. The van der Waals surface area contributed by atoms with E-state index in [1.165, 1.54) is 24.4 Å². The van der Waals surface area contributed by atoms with E-state index in [4.69, 9.17) is 5.73 Å². The third kappa shape index (κ3) is 4.42. The molecular weight excluding hydrogens is 364 g/mol. The summed E-state index contributed by atoms with van der Waals surface area (Å²) in [5, 5.41) is 12.0. The number of ketones is 1. The van der Waals surface area contributed by atoms with Crippen LogP contribution in [-0.4, -0.2) is 65.6 Å². The zero-order valence-corrected chi connectivity index (χ0v) is 14.7. The lowest BCUT2D eigenvalue weighted by Gasteiger charge is -2.29. The Balaban J connectivity index is 2.45. The van der Waals surface area contributed by atoms with Crippen LogP contribution in [0.4, 0.5) is 0 Å². The fourth-order valence-corrected chi connectivity index (χ4v) is 4.14. The second-order valence-electron chi connectivity index (χ2n) is 5.79. The highest BCUT2D eigenvalue weighted by Crippen LogP contribution is 2.22. The number of aliphatic hydroxyl groups is 1. The van der Waals surface area contributed by atoms with E-state index >= 15 is 0 Å². The van der Waals surface area contributed by atoms with E-state index in [-0.39, 0.29) is 13.0 Å². The van der Waals surface area contributed by atoms with Crippen molar-refractivity contribution in [3.05, 3.63) is 24.4 Å². The molecule has 0 saturated carbocycles. The molecule has 2 amide bonds. The molecule has 1 aliphatic heterocycles. The number of hydrogen-bond donors (Lipinski definition) is 3. The summed E-state index contributed by atoms with van der Waals surface area (Å²) in [6.07, 6.45) is -0.877. The Labute approximate surface area is 150 Å². The highest BCUT2D eigenvalue weighted by atomic mass is 32.2. The van der Waals surface area contributed by atoms with Crippen molar-refractivity contribution < 1.29 is 27.9 Å². The molecule has 1 aromatic rings. The number of hydrogen-bond acceptors (Lipinski definition) is 8. The van der Waals surface area contributed by atoms with Crippen molar-refractivity contribution in [2.24, 2.45) is 5.73 Å². The number of nitrogens with one attached hydrogen (secondary N) is 1. The first-order chi connectivity index (χ1) is 12.2. The first-order valence-electron chi connectivity index (χ1n) is 7.94. The minimum Gasteiger partial charge on any atom is -0.383 e. The highest BCUT2D eigenvalue weighted by Gasteiger charge is 2.41. The minimum atomic E-state index is -4.46. The van der Waals surface area contributed by atoms with Crippen LogP contribution in [0.1, 0.15) is 19.3 Å². The number of rotatable bonds is 6. The van der Waals surface area contributed by atoms with Crippen LogP contribution in [0.5, 0.6) is 0 Å². The standard InChI is InChI=1S/C15H20N4O6S/c16-15(23)11(20)8-14(22)19(10-4-3-6-17-9-12(10)21)26(24,25)13-5-1-2-7-18-13/h1-2,5,7,10-11,17,20H,3-4,6,8-9H2,(H2,16,23)/t10?,11-/m0/s1. The first-order valence-corrected chi connectivity index (χ1v) is 9.38. The molecular formula is C15H20N4O6S. The maximum Gasteiger partial charge on any atom is 0.284 e. The van der Waals surface area contributed by atoms with Crippen LogP contribution >= 0.6 is 0 Å². The predicted molar refractivity (Wildman–Crippen MR) is 89.0 cm³/mol. The third-order valence-corrected chi connectivity index (χ3v) is 5.63. The van der Waals surface area contributed by atoms with E-state index < -0.39 is 51.2 Å². The molecule has 0 spiro atoms. The molecule has 0 aliphatic carbocycles. The average molecular weight is 384 g/mol. The molecule has 2 rings (SSSR count). The number of carbonyl (C=O) groups excluding carboxylic acids is 3. The lowest BCUT2D eigenvalue weighted by Crippen LogP contribution is -2.51. The van der Waals surface area contributed by atoms with Gasteiger partial charge in [-0.1, -0.05) is 6.07 Å². The van der Waals surface area contributed by atoms with Crippen LogP contribution in [0.25, 0.3) is 0 Å². The molecule has 142 valence electrons. The Bertz CT molecular complexity index is 783. The van der Waals surface area contributed by atoms with Gasteiger partial charge < -0.3 is 16.2 Å². The van der Waals surface area contributed by atoms with Crippen molar-refractivity contribution in [1.29, 1.82) is 0 Å². The molecule has 1 fully saturated rings. The SMILES string of the molecule is NC(=O)[C@@H](O)CC(=O)N(C1CCCNCC1=O)S(=O)(=O)c1ccccn1. The summed E-state index contributed by atoms with van der Waals surface area (Å²) >= 11 is 0. The van der Waals surface area contributed by atoms with Gasteiger partial charge in [0, 0.05) is 6.20 Å². The summed E-state index contributed by atoms with van der Waals surface area (Å²) in [6.45, 7) is 0.405. The smallest absolute Gasteiger partial charge is 0.284 e. The van der Waals surface area contributed by atoms with Gasteiger partial charge in [0.15, 0.2) is 10.8 Å². The van der Waals surface area contributed by atoms with Gasteiger partial charge in [0.25, 0.3) is 10.0 Å². The van der Waals surface area contributed by atoms with Gasteiger partial charge in [0.1, 0.15) is 12.1 Å². The molecule has 1 unspecified atom stereocenters. The Hall–Kier alpha value is -2.37. The van der Waals surface area contributed by atoms with Gasteiger partial charge in [-0.15, -0.1) is 0 Å². The third-order valence-electron chi connectivity index (χ3n) is 3.89. The van der Waals surface area contributed by atoms with Crippen molar-refractivity contribution in [2.75, 3.05) is 13.1 Å².